The number of aromatic hydroxyl groups is 1. The Morgan fingerprint density at radius 3 is 2.72 bits per heavy atom. The first-order valence-electron chi connectivity index (χ1n) is 9.78. The topological polar surface area (TPSA) is 74.2 Å². The highest BCUT2D eigenvalue weighted by Gasteiger charge is 2.13. The molecular formula is C22H26ClN3O3. The zero-order valence-corrected chi connectivity index (χ0v) is 17.3. The smallest absolute Gasteiger partial charge is 0.277 e. The first kappa shape index (κ1) is 21.1. The van der Waals surface area contributed by atoms with Gasteiger partial charge in [-0.15, -0.1) is 0 Å². The summed E-state index contributed by atoms with van der Waals surface area (Å²) in [7, 11) is 0. The Morgan fingerprint density at radius 1 is 1.21 bits per heavy atom. The van der Waals surface area contributed by atoms with E-state index in [4.69, 9.17) is 16.3 Å². The average molecular weight is 416 g/mol. The molecule has 1 aliphatic heterocycles. The van der Waals surface area contributed by atoms with Crippen molar-refractivity contribution in [3.63, 3.8) is 0 Å². The predicted molar refractivity (Wildman–Crippen MR) is 115 cm³/mol. The van der Waals surface area contributed by atoms with Crippen molar-refractivity contribution in [3.8, 4) is 11.5 Å². The largest absolute Gasteiger partial charge is 0.508 e. The first-order chi connectivity index (χ1) is 14.0. The fourth-order valence-corrected chi connectivity index (χ4v) is 3.43. The third kappa shape index (κ3) is 6.21. The minimum atomic E-state index is -0.378. The van der Waals surface area contributed by atoms with Crippen LogP contribution >= 0.6 is 11.6 Å². The number of phenolic OH excluding ortho intramolecular Hbond substituents is 1. The highest BCUT2D eigenvalue weighted by Crippen LogP contribution is 2.23. The van der Waals surface area contributed by atoms with Crippen molar-refractivity contribution in [2.75, 3.05) is 19.7 Å². The molecule has 0 radical (unpaired) electrons. The van der Waals surface area contributed by atoms with Gasteiger partial charge < -0.3 is 9.84 Å². The van der Waals surface area contributed by atoms with Crippen molar-refractivity contribution in [1.29, 1.82) is 0 Å². The van der Waals surface area contributed by atoms with Crippen molar-refractivity contribution >= 4 is 23.2 Å². The summed E-state index contributed by atoms with van der Waals surface area (Å²) in [6, 6.07) is 12.4. The van der Waals surface area contributed by atoms with Gasteiger partial charge in [-0.25, -0.2) is 5.43 Å². The van der Waals surface area contributed by atoms with E-state index in [1.54, 1.807) is 36.4 Å². The molecule has 1 fully saturated rings. The zero-order valence-electron chi connectivity index (χ0n) is 16.5. The molecule has 3 rings (SSSR count). The van der Waals surface area contributed by atoms with E-state index in [0.717, 1.165) is 24.2 Å². The SMILES string of the molecule is C/C(=N\NC(=O)COc1ccccc1Cl)c1ccc(O)c(CN2CCCCC2)c1. The Morgan fingerprint density at radius 2 is 1.97 bits per heavy atom. The molecule has 2 N–H and O–H groups in total. The standard InChI is InChI=1S/C22H26ClN3O3/c1-16(24-25-22(28)15-29-21-8-4-3-7-19(21)23)17-9-10-20(27)18(13-17)14-26-11-5-2-6-12-26/h3-4,7-10,13,27H,2,5-6,11-12,14-15H2,1H3,(H,25,28)/b24-16+. The van der Waals surface area contributed by atoms with Gasteiger partial charge in [0.2, 0.25) is 0 Å². The van der Waals surface area contributed by atoms with Gasteiger partial charge in [0.25, 0.3) is 5.91 Å². The lowest BCUT2D eigenvalue weighted by atomic mass is 10.0. The van der Waals surface area contributed by atoms with Crippen LogP contribution in [-0.2, 0) is 11.3 Å². The number of nitrogens with one attached hydrogen (secondary N) is 1. The predicted octanol–water partition coefficient (Wildman–Crippen LogP) is 3.95. The molecule has 0 spiro atoms. The minimum Gasteiger partial charge on any atom is -0.508 e. The number of nitrogens with zero attached hydrogens (tertiary/aromatic N) is 2. The second kappa shape index (κ2) is 10.3. The van der Waals surface area contributed by atoms with Crippen molar-refractivity contribution in [3.05, 3.63) is 58.6 Å². The van der Waals surface area contributed by atoms with Crippen LogP contribution in [0.2, 0.25) is 5.02 Å². The molecule has 0 unspecified atom stereocenters. The zero-order chi connectivity index (χ0) is 20.6. The monoisotopic (exact) mass is 415 g/mol. The van der Waals surface area contributed by atoms with E-state index in [0.29, 0.717) is 23.0 Å². The Kier molecular flexibility index (Phi) is 7.49. The molecule has 1 aliphatic rings. The number of halogens is 1. The van der Waals surface area contributed by atoms with Crippen LogP contribution in [-0.4, -0.2) is 41.3 Å². The summed E-state index contributed by atoms with van der Waals surface area (Å²) in [5.41, 5.74) is 4.86. The number of rotatable bonds is 7. The van der Waals surface area contributed by atoms with Crippen molar-refractivity contribution in [2.24, 2.45) is 5.10 Å². The number of hydrogen-bond donors (Lipinski definition) is 2. The molecule has 6 nitrogen and oxygen atoms in total. The molecular weight excluding hydrogens is 390 g/mol. The number of ether oxygens (including phenoxy) is 1. The van der Waals surface area contributed by atoms with Gasteiger partial charge in [0.1, 0.15) is 11.5 Å². The molecule has 0 atom stereocenters. The Labute approximate surface area is 176 Å². The molecule has 1 amide bonds. The lowest BCUT2D eigenvalue weighted by molar-refractivity contribution is -0.123. The van der Waals surface area contributed by atoms with Crippen LogP contribution in [0.5, 0.6) is 11.5 Å². The van der Waals surface area contributed by atoms with E-state index in [9.17, 15) is 9.90 Å². The van der Waals surface area contributed by atoms with Crippen LogP contribution in [0, 0.1) is 0 Å². The summed E-state index contributed by atoms with van der Waals surface area (Å²) >= 11 is 6.00. The van der Waals surface area contributed by atoms with Gasteiger partial charge >= 0.3 is 0 Å². The quantitative estimate of drug-likeness (QED) is 0.530. The lowest BCUT2D eigenvalue weighted by Crippen LogP contribution is -2.29. The Balaban J connectivity index is 1.58. The molecule has 29 heavy (non-hydrogen) atoms. The fourth-order valence-electron chi connectivity index (χ4n) is 3.24. The summed E-state index contributed by atoms with van der Waals surface area (Å²) in [5, 5.41) is 14.8. The minimum absolute atomic E-state index is 0.184. The molecule has 0 saturated carbocycles. The summed E-state index contributed by atoms with van der Waals surface area (Å²) in [6.45, 7) is 4.45. The van der Waals surface area contributed by atoms with E-state index in [1.807, 2.05) is 13.0 Å². The summed E-state index contributed by atoms with van der Waals surface area (Å²) < 4.78 is 5.40. The van der Waals surface area contributed by atoms with Gasteiger partial charge in [0, 0.05) is 12.1 Å². The third-order valence-corrected chi connectivity index (χ3v) is 5.20. The van der Waals surface area contributed by atoms with Crippen molar-refractivity contribution in [2.45, 2.75) is 32.7 Å². The fraction of sp³-hybridized carbons (Fsp3) is 0.364. The number of likely N-dealkylation sites (tertiary alicyclic amines) is 1. The highest BCUT2D eigenvalue weighted by atomic mass is 35.5. The van der Waals surface area contributed by atoms with E-state index in [2.05, 4.69) is 15.4 Å². The van der Waals surface area contributed by atoms with Gasteiger partial charge in [-0.3, -0.25) is 9.69 Å². The maximum absolute atomic E-state index is 12.0. The number of amides is 1. The summed E-state index contributed by atoms with van der Waals surface area (Å²) in [5.74, 6) is 0.354. The van der Waals surface area contributed by atoms with Crippen LogP contribution in [0.3, 0.4) is 0 Å². The summed E-state index contributed by atoms with van der Waals surface area (Å²) in [4.78, 5) is 14.4. The average Bonchev–Trinajstić information content (AvgIpc) is 2.73. The number of carbonyl (C=O) groups is 1. The molecule has 1 heterocycles. The number of piperidine rings is 1. The molecule has 0 aliphatic carbocycles. The van der Waals surface area contributed by atoms with Gasteiger partial charge in [-0.2, -0.15) is 5.10 Å². The van der Waals surface area contributed by atoms with Crippen molar-refractivity contribution in [1.82, 2.24) is 10.3 Å². The van der Waals surface area contributed by atoms with Gasteiger partial charge in [-0.05, 0) is 68.8 Å². The van der Waals surface area contributed by atoms with Gasteiger partial charge in [-0.1, -0.05) is 30.2 Å². The second-order valence-corrected chi connectivity index (χ2v) is 7.54. The molecule has 1 saturated heterocycles. The van der Waals surface area contributed by atoms with Crippen LogP contribution in [0.4, 0.5) is 0 Å². The molecule has 0 bridgehead atoms. The van der Waals surface area contributed by atoms with E-state index in [1.165, 1.54) is 19.3 Å². The Bertz CT molecular complexity index is 879. The Hall–Kier alpha value is -2.57. The first-order valence-corrected chi connectivity index (χ1v) is 10.2. The number of carbonyl (C=O) groups excluding carboxylic acids is 1. The number of phenols is 1. The highest BCUT2D eigenvalue weighted by molar-refractivity contribution is 6.32. The molecule has 0 aromatic heterocycles. The van der Waals surface area contributed by atoms with E-state index >= 15 is 0 Å². The molecule has 154 valence electrons. The molecule has 2 aromatic rings. The van der Waals surface area contributed by atoms with E-state index in [-0.39, 0.29) is 18.3 Å². The van der Waals surface area contributed by atoms with Crippen molar-refractivity contribution < 1.29 is 14.6 Å². The maximum atomic E-state index is 12.0. The number of hydrogen-bond acceptors (Lipinski definition) is 5. The number of benzene rings is 2. The normalized spacial score (nSPS) is 15.2. The van der Waals surface area contributed by atoms with Crippen LogP contribution in [0.1, 0.15) is 37.3 Å². The third-order valence-electron chi connectivity index (χ3n) is 4.88. The summed E-state index contributed by atoms with van der Waals surface area (Å²) in [6.07, 6.45) is 3.67. The van der Waals surface area contributed by atoms with Gasteiger partial charge in [0.05, 0.1) is 10.7 Å². The second-order valence-electron chi connectivity index (χ2n) is 7.13. The lowest BCUT2D eigenvalue weighted by Gasteiger charge is -2.26. The van der Waals surface area contributed by atoms with Crippen LogP contribution < -0.4 is 10.2 Å². The maximum Gasteiger partial charge on any atom is 0.277 e. The number of para-hydroxylation sites is 1. The van der Waals surface area contributed by atoms with Gasteiger partial charge in [0.15, 0.2) is 6.61 Å². The van der Waals surface area contributed by atoms with Crippen LogP contribution in [0.15, 0.2) is 47.6 Å². The molecule has 2 aromatic carbocycles. The number of hydrazone groups is 1. The van der Waals surface area contributed by atoms with E-state index < -0.39 is 0 Å². The molecule has 7 heteroatoms. The van der Waals surface area contributed by atoms with Crippen LogP contribution in [0.25, 0.3) is 0 Å².